The molecule has 0 saturated carbocycles. The lowest BCUT2D eigenvalue weighted by atomic mass is 9.94. The van der Waals surface area contributed by atoms with Crippen molar-refractivity contribution < 1.29 is 13.2 Å². The molecule has 1 aliphatic rings. The van der Waals surface area contributed by atoms with Gasteiger partial charge in [-0.3, -0.25) is 0 Å². The molecule has 1 aliphatic heterocycles. The minimum absolute atomic E-state index is 0.243. The molecule has 0 unspecified atom stereocenters. The van der Waals surface area contributed by atoms with E-state index >= 15 is 0 Å². The maximum atomic E-state index is 14.6. The van der Waals surface area contributed by atoms with Gasteiger partial charge in [0, 0.05) is 21.3 Å². The Morgan fingerprint density at radius 3 is 2.26 bits per heavy atom. The van der Waals surface area contributed by atoms with Gasteiger partial charge >= 0.3 is 0 Å². The Labute approximate surface area is 166 Å². The molecule has 0 aliphatic carbocycles. The van der Waals surface area contributed by atoms with Crippen molar-refractivity contribution in [2.24, 2.45) is 0 Å². The summed E-state index contributed by atoms with van der Waals surface area (Å²) in [6.07, 6.45) is 0.873. The van der Waals surface area contributed by atoms with Gasteiger partial charge in [0.1, 0.15) is 5.82 Å². The first-order valence-electron chi connectivity index (χ1n) is 8.66. The minimum atomic E-state index is -2.58. The summed E-state index contributed by atoms with van der Waals surface area (Å²) in [5.41, 5.74) is 2.50. The molecule has 142 valence electrons. The molecule has 2 aromatic carbocycles. The lowest BCUT2D eigenvalue weighted by Gasteiger charge is -2.33. The molecule has 0 saturated heterocycles. The average Bonchev–Trinajstić information content (AvgIpc) is 2.66. The van der Waals surface area contributed by atoms with Crippen molar-refractivity contribution >= 4 is 27.2 Å². The van der Waals surface area contributed by atoms with Gasteiger partial charge in [0.2, 0.25) is 0 Å². The van der Waals surface area contributed by atoms with Crippen LogP contribution < -0.4 is 0 Å². The third kappa shape index (κ3) is 4.72. The summed E-state index contributed by atoms with van der Waals surface area (Å²) in [5, 5.41) is 0. The second kappa shape index (κ2) is 9.60. The van der Waals surface area contributed by atoms with Gasteiger partial charge in [-0.25, -0.2) is 13.2 Å². The highest BCUT2D eigenvalue weighted by molar-refractivity contribution is 9.10. The van der Waals surface area contributed by atoms with Crippen molar-refractivity contribution in [1.29, 1.82) is 0 Å². The molecule has 1 nitrogen and oxygen atoms in total. The molecule has 2 aromatic rings. The standard InChI is InChI=1S/C20H15BrF3N.C2H6/c1-13-10-11-15(14-6-3-2-4-7-14)20(25(13)12-18(23)24)19-16(21)8-5-9-17(19)22;1-2/h2-11,18H,1,12H2;1-2H3. The molecular formula is C22H21BrF3N. The van der Waals surface area contributed by atoms with E-state index in [9.17, 15) is 13.2 Å². The van der Waals surface area contributed by atoms with E-state index in [0.29, 0.717) is 21.4 Å². The van der Waals surface area contributed by atoms with Crippen molar-refractivity contribution in [2.75, 3.05) is 6.54 Å². The predicted octanol–water partition coefficient (Wildman–Crippen LogP) is 7.13. The first kappa shape index (κ1) is 21.0. The second-order valence-corrected chi connectivity index (χ2v) is 6.41. The maximum Gasteiger partial charge on any atom is 0.256 e. The Kier molecular flexibility index (Phi) is 7.48. The second-order valence-electron chi connectivity index (χ2n) is 5.55. The van der Waals surface area contributed by atoms with Crippen molar-refractivity contribution in [3.05, 3.63) is 94.4 Å². The minimum Gasteiger partial charge on any atom is -0.335 e. The molecule has 1 heterocycles. The number of halogens is 4. The fraction of sp³-hybridized carbons (Fsp3) is 0.182. The molecular weight excluding hydrogens is 415 g/mol. The van der Waals surface area contributed by atoms with Crippen LogP contribution in [0.15, 0.2) is 77.4 Å². The van der Waals surface area contributed by atoms with E-state index in [1.165, 1.54) is 11.0 Å². The Balaban J connectivity index is 0.00000126. The third-order valence-electron chi connectivity index (χ3n) is 3.92. The molecule has 0 spiro atoms. The molecule has 0 fully saturated rings. The molecule has 0 N–H and O–H groups in total. The number of alkyl halides is 2. The van der Waals surface area contributed by atoms with E-state index in [-0.39, 0.29) is 5.56 Å². The monoisotopic (exact) mass is 435 g/mol. The van der Waals surface area contributed by atoms with Crippen LogP contribution in [0.25, 0.3) is 11.3 Å². The van der Waals surface area contributed by atoms with Crippen molar-refractivity contribution in [1.82, 2.24) is 4.90 Å². The predicted molar refractivity (Wildman–Crippen MR) is 110 cm³/mol. The van der Waals surface area contributed by atoms with E-state index < -0.39 is 18.8 Å². The lowest BCUT2D eigenvalue weighted by Crippen LogP contribution is -2.29. The molecule has 27 heavy (non-hydrogen) atoms. The molecule has 0 atom stereocenters. The summed E-state index contributed by atoms with van der Waals surface area (Å²) in [6.45, 7) is 7.29. The molecule has 5 heteroatoms. The fourth-order valence-electron chi connectivity index (χ4n) is 2.83. The SMILES string of the molecule is C=C1C=CC(c2ccccc2)=C(c2c(F)cccc2Br)N1CC(F)F.CC. The van der Waals surface area contributed by atoms with Crippen LogP contribution in [-0.4, -0.2) is 17.9 Å². The molecule has 0 amide bonds. The Morgan fingerprint density at radius 1 is 1.00 bits per heavy atom. The first-order chi connectivity index (χ1) is 13.0. The largest absolute Gasteiger partial charge is 0.335 e. The Morgan fingerprint density at radius 2 is 1.67 bits per heavy atom. The summed E-state index contributed by atoms with van der Waals surface area (Å²) in [4.78, 5) is 1.37. The molecule has 3 rings (SSSR count). The van der Waals surface area contributed by atoms with Gasteiger partial charge in [-0.05, 0) is 39.7 Å². The number of nitrogens with zero attached hydrogens (tertiary/aromatic N) is 1. The van der Waals surface area contributed by atoms with E-state index in [4.69, 9.17) is 0 Å². The lowest BCUT2D eigenvalue weighted by molar-refractivity contribution is 0.123. The zero-order valence-corrected chi connectivity index (χ0v) is 16.8. The van der Waals surface area contributed by atoms with Crippen molar-refractivity contribution in [3.63, 3.8) is 0 Å². The molecule has 0 radical (unpaired) electrons. The number of hydrogen-bond donors (Lipinski definition) is 0. The van der Waals surface area contributed by atoms with Gasteiger partial charge in [-0.15, -0.1) is 0 Å². The van der Waals surface area contributed by atoms with Crippen LogP contribution in [0.5, 0.6) is 0 Å². The van der Waals surface area contributed by atoms with Crippen LogP contribution >= 0.6 is 15.9 Å². The highest BCUT2D eigenvalue weighted by Gasteiger charge is 2.27. The van der Waals surface area contributed by atoms with Gasteiger partial charge in [0.15, 0.2) is 0 Å². The highest BCUT2D eigenvalue weighted by Crippen LogP contribution is 2.40. The van der Waals surface area contributed by atoms with Gasteiger partial charge in [0.05, 0.1) is 12.2 Å². The molecule has 0 aromatic heterocycles. The van der Waals surface area contributed by atoms with Gasteiger partial charge in [-0.2, -0.15) is 0 Å². The van der Waals surface area contributed by atoms with Gasteiger partial charge < -0.3 is 4.90 Å². The summed E-state index contributed by atoms with van der Waals surface area (Å²) in [6, 6.07) is 13.9. The van der Waals surface area contributed by atoms with Crippen LogP contribution in [0.2, 0.25) is 0 Å². The quantitative estimate of drug-likeness (QED) is 0.493. The maximum absolute atomic E-state index is 14.6. The smallest absolute Gasteiger partial charge is 0.256 e. The van der Waals surface area contributed by atoms with Crippen LogP contribution in [-0.2, 0) is 0 Å². The van der Waals surface area contributed by atoms with Gasteiger partial charge in [0.25, 0.3) is 6.43 Å². The summed E-state index contributed by atoms with van der Waals surface area (Å²) in [5.74, 6) is -0.486. The van der Waals surface area contributed by atoms with Crippen molar-refractivity contribution in [3.8, 4) is 0 Å². The van der Waals surface area contributed by atoms with E-state index in [1.54, 1.807) is 24.3 Å². The third-order valence-corrected chi connectivity index (χ3v) is 4.58. The van der Waals surface area contributed by atoms with Crippen molar-refractivity contribution in [2.45, 2.75) is 20.3 Å². The van der Waals surface area contributed by atoms with E-state index in [0.717, 1.165) is 5.56 Å². The molecule has 0 bridgehead atoms. The Hall–Kier alpha value is -2.27. The van der Waals surface area contributed by atoms with E-state index in [2.05, 4.69) is 22.5 Å². The van der Waals surface area contributed by atoms with Crippen LogP contribution in [0.4, 0.5) is 13.2 Å². The topological polar surface area (TPSA) is 3.24 Å². The Bertz CT molecular complexity index is 837. The van der Waals surface area contributed by atoms with Crippen LogP contribution in [0.3, 0.4) is 0 Å². The first-order valence-corrected chi connectivity index (χ1v) is 9.45. The summed E-state index contributed by atoms with van der Waals surface area (Å²) >= 11 is 3.35. The van der Waals surface area contributed by atoms with E-state index in [1.807, 2.05) is 44.2 Å². The number of benzene rings is 2. The average molecular weight is 436 g/mol. The number of allylic oxidation sites excluding steroid dienone is 3. The zero-order valence-electron chi connectivity index (χ0n) is 15.2. The zero-order chi connectivity index (χ0) is 20.0. The fourth-order valence-corrected chi connectivity index (χ4v) is 3.36. The van der Waals surface area contributed by atoms with Crippen LogP contribution in [0.1, 0.15) is 25.0 Å². The summed E-state index contributed by atoms with van der Waals surface area (Å²) in [7, 11) is 0. The number of rotatable bonds is 4. The summed E-state index contributed by atoms with van der Waals surface area (Å²) < 4.78 is 41.5. The van der Waals surface area contributed by atoms with Crippen LogP contribution in [0, 0.1) is 5.82 Å². The number of hydrogen-bond acceptors (Lipinski definition) is 1. The highest BCUT2D eigenvalue weighted by atomic mass is 79.9. The van der Waals surface area contributed by atoms with Gasteiger partial charge in [-0.1, -0.05) is 62.9 Å². The normalized spacial score (nSPS) is 13.7.